The quantitative estimate of drug-likeness (QED) is 0.301. The number of halogens is 1. The molecule has 0 aliphatic rings. The third-order valence-corrected chi connectivity index (χ3v) is 1.26. The number of hydrogen-bond donors (Lipinski definition) is 0. The lowest BCUT2D eigenvalue weighted by molar-refractivity contribution is -0.179. The Balaban J connectivity index is 4.05. The first-order chi connectivity index (χ1) is 5.97. The zero-order valence-electron chi connectivity index (χ0n) is 7.50. The van der Waals surface area contributed by atoms with Crippen molar-refractivity contribution in [2.24, 2.45) is 0 Å². The first-order valence-electron chi connectivity index (χ1n) is 3.57. The molecule has 1 atom stereocenters. The highest BCUT2D eigenvalue weighted by molar-refractivity contribution is 6.18. The summed E-state index contributed by atoms with van der Waals surface area (Å²) in [5.74, 6) is -1.29. The maximum absolute atomic E-state index is 10.9. The highest BCUT2D eigenvalue weighted by atomic mass is 35.5. The molecule has 0 amide bonds. The Labute approximate surface area is 81.5 Å². The van der Waals surface area contributed by atoms with E-state index >= 15 is 0 Å². The number of rotatable bonds is 4. The van der Waals surface area contributed by atoms with Gasteiger partial charge in [0.1, 0.15) is 0 Å². The summed E-state index contributed by atoms with van der Waals surface area (Å²) in [6.07, 6.45) is -1.04. The van der Waals surface area contributed by atoms with E-state index in [4.69, 9.17) is 11.6 Å². The lowest BCUT2D eigenvalue weighted by atomic mass is 10.4. The van der Waals surface area contributed by atoms with Crippen molar-refractivity contribution in [1.82, 2.24) is 0 Å². The van der Waals surface area contributed by atoms with Crippen LogP contribution in [0, 0.1) is 0 Å². The molecule has 0 N–H and O–H groups in total. The molecule has 0 saturated carbocycles. The number of hydrogen-bond acceptors (Lipinski definition) is 4. The van der Waals surface area contributed by atoms with Gasteiger partial charge in [-0.05, 0) is 6.92 Å². The minimum Gasteiger partial charge on any atom is -0.424 e. The third-order valence-electron chi connectivity index (χ3n) is 1.01. The summed E-state index contributed by atoms with van der Waals surface area (Å²) in [5, 5.41) is 0. The largest absolute Gasteiger partial charge is 0.424 e. The zero-order valence-corrected chi connectivity index (χ0v) is 8.26. The summed E-state index contributed by atoms with van der Waals surface area (Å²) < 4.78 is 9.22. The molecule has 0 aliphatic heterocycles. The van der Waals surface area contributed by atoms with E-state index in [-0.39, 0.29) is 11.5 Å². The molecule has 0 bridgehead atoms. The van der Waals surface area contributed by atoms with Crippen molar-refractivity contribution in [3.63, 3.8) is 0 Å². The number of carbonyl (C=O) groups excluding carboxylic acids is 2. The number of alkyl halides is 1. The van der Waals surface area contributed by atoms with Gasteiger partial charge in [-0.15, -0.1) is 11.6 Å². The fraction of sp³-hybridized carbons (Fsp3) is 0.500. The van der Waals surface area contributed by atoms with Gasteiger partial charge in [0.25, 0.3) is 6.29 Å². The standard InChI is InChI=1S/C8H11ClO4/c1-5(2)8(11)13-7(4-9)12-6(3)10/h7H,1,4H2,2-3H3. The normalized spacial score (nSPS) is 11.6. The van der Waals surface area contributed by atoms with Crippen LogP contribution < -0.4 is 0 Å². The van der Waals surface area contributed by atoms with Gasteiger partial charge >= 0.3 is 11.9 Å². The zero-order chi connectivity index (χ0) is 10.4. The van der Waals surface area contributed by atoms with E-state index in [1.165, 1.54) is 13.8 Å². The molecule has 0 aromatic rings. The van der Waals surface area contributed by atoms with Crippen LogP contribution in [-0.4, -0.2) is 24.1 Å². The fourth-order valence-corrected chi connectivity index (χ4v) is 0.618. The molecule has 0 aromatic carbocycles. The molecule has 0 spiro atoms. The average Bonchev–Trinajstić information content (AvgIpc) is 2.02. The van der Waals surface area contributed by atoms with Crippen LogP contribution in [0.1, 0.15) is 13.8 Å². The fourth-order valence-electron chi connectivity index (χ4n) is 0.492. The molecule has 0 aromatic heterocycles. The molecule has 4 nitrogen and oxygen atoms in total. The molecule has 13 heavy (non-hydrogen) atoms. The van der Waals surface area contributed by atoms with Crippen LogP contribution in [0.5, 0.6) is 0 Å². The number of ether oxygens (including phenoxy) is 2. The van der Waals surface area contributed by atoms with Crippen LogP contribution in [-0.2, 0) is 19.1 Å². The summed E-state index contributed by atoms with van der Waals surface area (Å²) in [7, 11) is 0. The Bertz CT molecular complexity index is 224. The van der Waals surface area contributed by atoms with Crippen LogP contribution in [0.4, 0.5) is 0 Å². The summed E-state index contributed by atoms with van der Waals surface area (Å²) in [6.45, 7) is 6.05. The van der Waals surface area contributed by atoms with Gasteiger partial charge in [0.2, 0.25) is 0 Å². The SMILES string of the molecule is C=C(C)C(=O)OC(CCl)OC(C)=O. The predicted octanol–water partition coefficient (Wildman–Crippen LogP) is 1.23. The molecular formula is C8H11ClO4. The topological polar surface area (TPSA) is 52.6 Å². The van der Waals surface area contributed by atoms with Crippen molar-refractivity contribution in [2.75, 3.05) is 5.88 Å². The first kappa shape index (κ1) is 12.0. The third kappa shape index (κ3) is 5.25. The Kier molecular flexibility index (Phi) is 5.14. The van der Waals surface area contributed by atoms with Crippen molar-refractivity contribution < 1.29 is 19.1 Å². The highest BCUT2D eigenvalue weighted by Gasteiger charge is 2.15. The Morgan fingerprint density at radius 1 is 1.38 bits per heavy atom. The Morgan fingerprint density at radius 2 is 1.92 bits per heavy atom. The second-order valence-electron chi connectivity index (χ2n) is 2.38. The summed E-state index contributed by atoms with van der Waals surface area (Å²) in [4.78, 5) is 21.4. The van der Waals surface area contributed by atoms with Gasteiger partial charge < -0.3 is 9.47 Å². The van der Waals surface area contributed by atoms with E-state index in [1.54, 1.807) is 0 Å². The Morgan fingerprint density at radius 3 is 2.23 bits per heavy atom. The average molecular weight is 207 g/mol. The highest BCUT2D eigenvalue weighted by Crippen LogP contribution is 2.02. The number of esters is 2. The van der Waals surface area contributed by atoms with Crippen LogP contribution >= 0.6 is 11.6 Å². The van der Waals surface area contributed by atoms with Gasteiger partial charge in [-0.2, -0.15) is 0 Å². The van der Waals surface area contributed by atoms with Crippen molar-refractivity contribution in [3.05, 3.63) is 12.2 Å². The maximum Gasteiger partial charge on any atom is 0.336 e. The van der Waals surface area contributed by atoms with Gasteiger partial charge in [0, 0.05) is 12.5 Å². The van der Waals surface area contributed by atoms with Crippen LogP contribution in [0.25, 0.3) is 0 Å². The smallest absolute Gasteiger partial charge is 0.336 e. The van der Waals surface area contributed by atoms with E-state index in [1.807, 2.05) is 0 Å². The van der Waals surface area contributed by atoms with E-state index in [0.29, 0.717) is 0 Å². The Hall–Kier alpha value is -1.03. The summed E-state index contributed by atoms with van der Waals surface area (Å²) in [5.41, 5.74) is 0.224. The van der Waals surface area contributed by atoms with E-state index < -0.39 is 18.2 Å². The second-order valence-corrected chi connectivity index (χ2v) is 2.69. The van der Waals surface area contributed by atoms with Crippen LogP contribution in [0.15, 0.2) is 12.2 Å². The molecule has 1 unspecified atom stereocenters. The molecule has 0 saturated heterocycles. The number of carbonyl (C=O) groups is 2. The lowest BCUT2D eigenvalue weighted by Gasteiger charge is -2.14. The minimum absolute atomic E-state index is 0.0986. The van der Waals surface area contributed by atoms with Crippen molar-refractivity contribution in [2.45, 2.75) is 20.1 Å². The van der Waals surface area contributed by atoms with Gasteiger partial charge in [-0.1, -0.05) is 6.58 Å². The summed E-state index contributed by atoms with van der Waals surface area (Å²) >= 11 is 5.38. The molecule has 0 fully saturated rings. The molecule has 74 valence electrons. The van der Waals surface area contributed by atoms with Crippen LogP contribution in [0.2, 0.25) is 0 Å². The van der Waals surface area contributed by atoms with Gasteiger partial charge in [0.05, 0.1) is 5.88 Å². The maximum atomic E-state index is 10.9. The van der Waals surface area contributed by atoms with E-state index in [9.17, 15) is 9.59 Å². The van der Waals surface area contributed by atoms with Crippen LogP contribution in [0.3, 0.4) is 0 Å². The molecule has 0 rings (SSSR count). The van der Waals surface area contributed by atoms with Crippen molar-refractivity contribution in [1.29, 1.82) is 0 Å². The molecule has 0 radical (unpaired) electrons. The van der Waals surface area contributed by atoms with Gasteiger partial charge in [-0.3, -0.25) is 4.79 Å². The van der Waals surface area contributed by atoms with Crippen molar-refractivity contribution >= 4 is 23.5 Å². The molecule has 0 heterocycles. The molecule has 0 aliphatic carbocycles. The van der Waals surface area contributed by atoms with Gasteiger partial charge in [-0.25, -0.2) is 4.79 Å². The minimum atomic E-state index is -1.04. The first-order valence-corrected chi connectivity index (χ1v) is 4.10. The molecular weight excluding hydrogens is 196 g/mol. The van der Waals surface area contributed by atoms with E-state index in [2.05, 4.69) is 16.1 Å². The van der Waals surface area contributed by atoms with E-state index in [0.717, 1.165) is 0 Å². The lowest BCUT2D eigenvalue weighted by Crippen LogP contribution is -2.25. The molecule has 5 heteroatoms. The second kappa shape index (κ2) is 5.59. The monoisotopic (exact) mass is 206 g/mol. The van der Waals surface area contributed by atoms with Gasteiger partial charge in [0.15, 0.2) is 0 Å². The summed E-state index contributed by atoms with van der Waals surface area (Å²) in [6, 6.07) is 0. The predicted molar refractivity (Wildman–Crippen MR) is 47.2 cm³/mol. The van der Waals surface area contributed by atoms with Crippen molar-refractivity contribution in [3.8, 4) is 0 Å².